The molecule has 0 aromatic heterocycles. The second-order valence-electron chi connectivity index (χ2n) is 7.81. The smallest absolute Gasteiger partial charge is 0.348 e. The molecule has 32 heavy (non-hydrogen) atoms. The lowest BCUT2D eigenvalue weighted by atomic mass is 10.1. The van der Waals surface area contributed by atoms with Crippen LogP contribution in [0.15, 0.2) is 78.9 Å². The summed E-state index contributed by atoms with van der Waals surface area (Å²) in [5, 5.41) is 0. The highest BCUT2D eigenvalue weighted by molar-refractivity contribution is 8.67. The first-order valence-corrected chi connectivity index (χ1v) is 15.7. The number of aryl methyl sites for hydroxylation is 2. The van der Waals surface area contributed by atoms with Crippen molar-refractivity contribution < 1.29 is 9.05 Å². The Morgan fingerprint density at radius 2 is 1.16 bits per heavy atom. The lowest BCUT2D eigenvalue weighted by Gasteiger charge is -2.25. The number of hydrogen-bond acceptors (Lipinski definition) is 4. The summed E-state index contributed by atoms with van der Waals surface area (Å²) < 4.78 is 13.2. The molecule has 170 valence electrons. The van der Waals surface area contributed by atoms with Crippen molar-refractivity contribution in [1.29, 1.82) is 0 Å². The Bertz CT molecular complexity index is 950. The predicted octanol–water partition coefficient (Wildman–Crippen LogP) is 8.99. The van der Waals surface area contributed by atoms with Crippen LogP contribution in [0.4, 0.5) is 0 Å². The van der Waals surface area contributed by atoms with Crippen molar-refractivity contribution in [2.75, 3.05) is 0 Å². The lowest BCUT2D eigenvalue weighted by Crippen LogP contribution is -2.02. The predicted molar refractivity (Wildman–Crippen MR) is 143 cm³/mol. The van der Waals surface area contributed by atoms with Gasteiger partial charge in [0.1, 0.15) is 11.5 Å². The Labute approximate surface area is 202 Å². The van der Waals surface area contributed by atoms with Gasteiger partial charge in [-0.3, -0.25) is 0 Å². The third-order valence-corrected chi connectivity index (χ3v) is 10.00. The minimum atomic E-state index is -2.70. The van der Waals surface area contributed by atoms with E-state index in [0.29, 0.717) is 0 Å². The van der Waals surface area contributed by atoms with E-state index in [2.05, 4.69) is 62.4 Å². The molecule has 0 atom stereocenters. The van der Waals surface area contributed by atoms with Crippen molar-refractivity contribution >= 4 is 28.9 Å². The normalized spacial score (nSPS) is 11.3. The number of unbranched alkanes of at least 4 members (excludes halogenated alkanes) is 2. The average molecular weight is 485 g/mol. The monoisotopic (exact) mass is 484 g/mol. The maximum absolute atomic E-state index is 6.58. The maximum Gasteiger partial charge on any atom is 0.348 e. The van der Waals surface area contributed by atoms with Gasteiger partial charge in [0.2, 0.25) is 0 Å². The van der Waals surface area contributed by atoms with Crippen LogP contribution in [0.2, 0.25) is 0 Å². The molecule has 0 bridgehead atoms. The molecule has 3 aromatic rings. The number of hydrogen-bond donors (Lipinski definition) is 0. The fourth-order valence-electron chi connectivity index (χ4n) is 3.37. The van der Waals surface area contributed by atoms with Gasteiger partial charge in [0.25, 0.3) is 0 Å². The molecule has 0 saturated heterocycles. The van der Waals surface area contributed by atoms with Gasteiger partial charge in [0.05, 0.1) is 0 Å². The zero-order chi connectivity index (χ0) is 22.7. The van der Waals surface area contributed by atoms with Gasteiger partial charge in [-0.15, -0.1) is 0 Å². The van der Waals surface area contributed by atoms with Crippen molar-refractivity contribution in [3.05, 3.63) is 95.6 Å². The molecule has 0 saturated carbocycles. The van der Waals surface area contributed by atoms with E-state index < -0.39 is 5.69 Å². The number of benzene rings is 3. The van der Waals surface area contributed by atoms with Gasteiger partial charge >= 0.3 is 5.69 Å². The van der Waals surface area contributed by atoms with Gasteiger partial charge in [-0.1, -0.05) is 93.4 Å². The molecule has 0 amide bonds. The van der Waals surface area contributed by atoms with E-state index >= 15 is 0 Å². The Hall–Kier alpha value is -1.74. The third-order valence-electron chi connectivity index (χ3n) is 5.20. The van der Waals surface area contributed by atoms with Gasteiger partial charge in [-0.05, 0) is 77.7 Å². The van der Waals surface area contributed by atoms with E-state index in [-0.39, 0.29) is 0 Å². The van der Waals surface area contributed by atoms with Gasteiger partial charge < -0.3 is 9.05 Å². The molecule has 0 N–H and O–H groups in total. The first-order valence-electron chi connectivity index (χ1n) is 11.5. The molecular weight excluding hydrogens is 451 g/mol. The summed E-state index contributed by atoms with van der Waals surface area (Å²) in [7, 11) is 0. The highest BCUT2D eigenvalue weighted by Crippen LogP contribution is 2.61. The van der Waals surface area contributed by atoms with E-state index in [1.54, 1.807) is 11.4 Å². The molecule has 3 aromatic carbocycles. The standard InChI is InChI=1S/C27H33O2PS2/c1-3-5-16-24-18-10-12-20-26(24)28-30(31,32-22-23-14-8-7-9-15-23)29-27-21-13-11-19-25(27)17-6-4-2/h7-15,18-21H,3-6,16-17,22H2,1-2H3. The first-order chi connectivity index (χ1) is 15.6. The van der Waals surface area contributed by atoms with Gasteiger partial charge in [0, 0.05) is 5.75 Å². The van der Waals surface area contributed by atoms with E-state index in [4.69, 9.17) is 20.9 Å². The minimum Gasteiger partial charge on any atom is -0.428 e. The summed E-state index contributed by atoms with van der Waals surface area (Å²) in [6, 6.07) is 26.9. The van der Waals surface area contributed by atoms with E-state index in [1.165, 1.54) is 16.7 Å². The van der Waals surface area contributed by atoms with E-state index in [1.807, 2.05) is 30.3 Å². The largest absolute Gasteiger partial charge is 0.428 e. The fourth-order valence-corrected chi connectivity index (χ4v) is 7.53. The Balaban J connectivity index is 1.88. The molecule has 0 aliphatic carbocycles. The van der Waals surface area contributed by atoms with Crippen LogP contribution in [0.3, 0.4) is 0 Å². The quantitative estimate of drug-likeness (QED) is 0.225. The van der Waals surface area contributed by atoms with Gasteiger partial charge in [0.15, 0.2) is 0 Å². The van der Waals surface area contributed by atoms with Crippen molar-refractivity contribution in [2.45, 2.75) is 58.1 Å². The molecule has 0 aliphatic heterocycles. The zero-order valence-electron chi connectivity index (χ0n) is 19.0. The van der Waals surface area contributed by atoms with Gasteiger partial charge in [-0.25, -0.2) is 0 Å². The first kappa shape index (κ1) is 24.9. The van der Waals surface area contributed by atoms with Crippen LogP contribution < -0.4 is 9.05 Å². The molecule has 0 aliphatic rings. The van der Waals surface area contributed by atoms with Crippen LogP contribution in [-0.4, -0.2) is 0 Å². The van der Waals surface area contributed by atoms with Crippen LogP contribution >= 0.6 is 17.1 Å². The Morgan fingerprint density at radius 3 is 1.66 bits per heavy atom. The summed E-state index contributed by atoms with van der Waals surface area (Å²) in [6.07, 6.45) is 6.51. The zero-order valence-corrected chi connectivity index (χ0v) is 21.6. The number of rotatable bonds is 13. The molecule has 0 heterocycles. The summed E-state index contributed by atoms with van der Waals surface area (Å²) in [5.41, 5.74) is 0.925. The minimum absolute atomic E-state index is 0.756. The van der Waals surface area contributed by atoms with Crippen LogP contribution in [0.1, 0.15) is 56.2 Å². The molecule has 3 rings (SSSR count). The topological polar surface area (TPSA) is 18.5 Å². The van der Waals surface area contributed by atoms with Gasteiger partial charge in [-0.2, -0.15) is 0 Å². The van der Waals surface area contributed by atoms with Crippen molar-refractivity contribution in [1.82, 2.24) is 0 Å². The van der Waals surface area contributed by atoms with Crippen molar-refractivity contribution in [2.24, 2.45) is 0 Å². The second-order valence-corrected chi connectivity index (χ2v) is 14.0. The summed E-state index contributed by atoms with van der Waals surface area (Å²) in [6.45, 7) is 4.42. The van der Waals surface area contributed by atoms with Crippen LogP contribution in [0.25, 0.3) is 0 Å². The molecule has 5 heteroatoms. The second kappa shape index (κ2) is 13.1. The third kappa shape index (κ3) is 7.69. The molecule has 0 radical (unpaired) electrons. The van der Waals surface area contributed by atoms with Crippen molar-refractivity contribution in [3.63, 3.8) is 0 Å². The number of para-hydroxylation sites is 2. The molecular formula is C27H33O2PS2. The fraction of sp³-hybridized carbons (Fsp3) is 0.333. The van der Waals surface area contributed by atoms with Crippen LogP contribution in [0, 0.1) is 0 Å². The van der Waals surface area contributed by atoms with Crippen molar-refractivity contribution in [3.8, 4) is 11.5 Å². The Morgan fingerprint density at radius 1 is 0.688 bits per heavy atom. The lowest BCUT2D eigenvalue weighted by molar-refractivity contribution is 0.497. The summed E-state index contributed by atoms with van der Waals surface area (Å²) >= 11 is 7.75. The molecule has 0 fully saturated rings. The van der Waals surface area contributed by atoms with Crippen LogP contribution in [0.5, 0.6) is 11.5 Å². The average Bonchev–Trinajstić information content (AvgIpc) is 2.82. The Kier molecular flexibility index (Phi) is 10.2. The SMILES string of the molecule is CCCCc1ccccc1OP(=S)(Oc1ccccc1CCCC)SCc1ccccc1. The highest BCUT2D eigenvalue weighted by Gasteiger charge is 2.26. The summed E-state index contributed by atoms with van der Waals surface area (Å²) in [4.78, 5) is 0. The summed E-state index contributed by atoms with van der Waals surface area (Å²) in [5.74, 6) is 2.47. The molecule has 0 unspecified atom stereocenters. The van der Waals surface area contributed by atoms with E-state index in [9.17, 15) is 0 Å². The van der Waals surface area contributed by atoms with E-state index in [0.717, 1.165) is 55.8 Å². The van der Waals surface area contributed by atoms with Crippen LogP contribution in [-0.2, 0) is 30.4 Å². The highest BCUT2D eigenvalue weighted by atomic mass is 32.9. The molecule has 2 nitrogen and oxygen atoms in total. The molecule has 0 spiro atoms. The maximum atomic E-state index is 6.58.